The van der Waals surface area contributed by atoms with Gasteiger partial charge in [-0.2, -0.15) is 0 Å². The van der Waals surface area contributed by atoms with Gasteiger partial charge in [0.15, 0.2) is 0 Å². The van der Waals surface area contributed by atoms with Gasteiger partial charge in [0.2, 0.25) is 0 Å². The number of rotatable bonds is 4. The van der Waals surface area contributed by atoms with Crippen molar-refractivity contribution in [1.29, 1.82) is 0 Å². The number of hydrogen-bond acceptors (Lipinski definition) is 2. The Balaban J connectivity index is 1.62. The first-order valence-corrected chi connectivity index (χ1v) is 9.30. The third-order valence-electron chi connectivity index (χ3n) is 5.13. The zero-order valence-corrected chi connectivity index (χ0v) is 15.4. The Bertz CT molecular complexity index is 816. The van der Waals surface area contributed by atoms with Gasteiger partial charge >= 0.3 is 12.0 Å². The minimum absolute atomic E-state index is 0.0276. The van der Waals surface area contributed by atoms with Gasteiger partial charge in [-0.05, 0) is 49.6 Å². The van der Waals surface area contributed by atoms with Crippen LogP contribution in [0.1, 0.15) is 44.2 Å². The second kappa shape index (κ2) is 7.96. The third-order valence-corrected chi connectivity index (χ3v) is 5.46. The molecule has 0 saturated heterocycles. The van der Waals surface area contributed by atoms with Crippen molar-refractivity contribution in [2.45, 2.75) is 44.7 Å². The number of urea groups is 1. The predicted octanol–water partition coefficient (Wildman–Crippen LogP) is 4.50. The van der Waals surface area contributed by atoms with Crippen LogP contribution in [-0.4, -0.2) is 23.1 Å². The average Bonchev–Trinajstić information content (AvgIpc) is 2.62. The maximum atomic E-state index is 12.3. The average molecular weight is 375 g/mol. The van der Waals surface area contributed by atoms with Gasteiger partial charge in [-0.1, -0.05) is 41.9 Å². The molecular formula is C20H23ClN2O3. The van der Waals surface area contributed by atoms with Crippen LogP contribution in [0.5, 0.6) is 0 Å². The Hall–Kier alpha value is -2.27. The highest BCUT2D eigenvalue weighted by Crippen LogP contribution is 2.30. The van der Waals surface area contributed by atoms with Crippen molar-refractivity contribution in [3.63, 3.8) is 0 Å². The Morgan fingerprint density at radius 2 is 1.73 bits per heavy atom. The number of amides is 2. The fourth-order valence-corrected chi connectivity index (χ4v) is 3.88. The number of fused-ring (bicyclic) bond motifs is 1. The quantitative estimate of drug-likeness (QED) is 0.737. The van der Waals surface area contributed by atoms with E-state index in [0.29, 0.717) is 30.7 Å². The molecule has 26 heavy (non-hydrogen) atoms. The van der Waals surface area contributed by atoms with Crippen LogP contribution in [0.3, 0.4) is 0 Å². The lowest BCUT2D eigenvalue weighted by Gasteiger charge is -2.27. The van der Waals surface area contributed by atoms with E-state index >= 15 is 0 Å². The zero-order valence-electron chi connectivity index (χ0n) is 14.7. The largest absolute Gasteiger partial charge is 0.481 e. The number of carbonyl (C=O) groups is 2. The lowest BCUT2D eigenvalue weighted by atomic mass is 9.86. The minimum Gasteiger partial charge on any atom is -0.481 e. The second-order valence-electron chi connectivity index (χ2n) is 6.91. The standard InChI is InChI=1S/C20H23ClN2O3/c1-12(15-10-11-18(21)17-5-3-2-4-16(15)17)22-20(26)23-14-8-6-13(7-9-14)19(24)25/h2-5,10-14H,6-9H2,1H3,(H,24,25)(H2,22,23,26). The Morgan fingerprint density at radius 3 is 2.38 bits per heavy atom. The summed E-state index contributed by atoms with van der Waals surface area (Å²) in [6.07, 6.45) is 2.61. The molecule has 3 rings (SSSR count). The molecule has 1 aliphatic rings. The number of carboxylic acids is 1. The van der Waals surface area contributed by atoms with E-state index in [1.165, 1.54) is 0 Å². The summed E-state index contributed by atoms with van der Waals surface area (Å²) in [5, 5.41) is 17.7. The highest BCUT2D eigenvalue weighted by molar-refractivity contribution is 6.35. The molecule has 0 heterocycles. The van der Waals surface area contributed by atoms with Crippen LogP contribution in [0, 0.1) is 5.92 Å². The van der Waals surface area contributed by atoms with E-state index in [-0.39, 0.29) is 24.0 Å². The molecule has 0 spiro atoms. The lowest BCUT2D eigenvalue weighted by molar-refractivity contribution is -0.142. The van der Waals surface area contributed by atoms with Gasteiger partial charge in [-0.3, -0.25) is 4.79 Å². The van der Waals surface area contributed by atoms with Crippen molar-refractivity contribution >= 4 is 34.4 Å². The number of benzene rings is 2. The number of aliphatic carboxylic acids is 1. The van der Waals surface area contributed by atoms with Crippen molar-refractivity contribution in [1.82, 2.24) is 10.6 Å². The molecule has 6 heteroatoms. The topological polar surface area (TPSA) is 78.4 Å². The Morgan fingerprint density at radius 1 is 1.08 bits per heavy atom. The first-order chi connectivity index (χ1) is 12.5. The number of carbonyl (C=O) groups excluding carboxylic acids is 1. The summed E-state index contributed by atoms with van der Waals surface area (Å²) < 4.78 is 0. The highest BCUT2D eigenvalue weighted by Gasteiger charge is 2.27. The maximum Gasteiger partial charge on any atom is 0.315 e. The first-order valence-electron chi connectivity index (χ1n) is 8.92. The van der Waals surface area contributed by atoms with Crippen LogP contribution in [0.2, 0.25) is 5.02 Å². The molecule has 0 aromatic heterocycles. The van der Waals surface area contributed by atoms with E-state index in [4.69, 9.17) is 16.7 Å². The highest BCUT2D eigenvalue weighted by atomic mass is 35.5. The van der Waals surface area contributed by atoms with E-state index < -0.39 is 5.97 Å². The third kappa shape index (κ3) is 4.10. The second-order valence-corrected chi connectivity index (χ2v) is 7.32. The molecule has 1 saturated carbocycles. The van der Waals surface area contributed by atoms with Crippen molar-refractivity contribution in [3.05, 3.63) is 47.0 Å². The molecule has 2 amide bonds. The van der Waals surface area contributed by atoms with Gasteiger partial charge in [0.1, 0.15) is 0 Å². The van der Waals surface area contributed by atoms with Crippen LogP contribution < -0.4 is 10.6 Å². The molecule has 1 atom stereocenters. The lowest BCUT2D eigenvalue weighted by Crippen LogP contribution is -2.44. The molecule has 2 aromatic carbocycles. The molecule has 3 N–H and O–H groups in total. The number of hydrogen-bond donors (Lipinski definition) is 3. The molecule has 0 bridgehead atoms. The number of nitrogens with one attached hydrogen (secondary N) is 2. The smallest absolute Gasteiger partial charge is 0.315 e. The van der Waals surface area contributed by atoms with Gasteiger partial charge < -0.3 is 15.7 Å². The summed E-state index contributed by atoms with van der Waals surface area (Å²) in [6, 6.07) is 11.3. The van der Waals surface area contributed by atoms with Crippen LogP contribution in [-0.2, 0) is 4.79 Å². The van der Waals surface area contributed by atoms with Gasteiger partial charge in [0, 0.05) is 16.5 Å². The Labute approximate surface area is 157 Å². The normalized spacial score (nSPS) is 21.2. The molecule has 138 valence electrons. The summed E-state index contributed by atoms with van der Waals surface area (Å²) in [5.74, 6) is -1.02. The van der Waals surface area contributed by atoms with E-state index in [2.05, 4.69) is 10.6 Å². The SMILES string of the molecule is CC(NC(=O)NC1CCC(C(=O)O)CC1)c1ccc(Cl)c2ccccc12. The van der Waals surface area contributed by atoms with Crippen LogP contribution in [0.25, 0.3) is 10.8 Å². The summed E-state index contributed by atoms with van der Waals surface area (Å²) in [5.41, 5.74) is 1.01. The van der Waals surface area contributed by atoms with Gasteiger partial charge in [-0.15, -0.1) is 0 Å². The van der Waals surface area contributed by atoms with Crippen LogP contribution >= 0.6 is 11.6 Å². The number of carboxylic acid groups (broad SMARTS) is 1. The molecule has 5 nitrogen and oxygen atoms in total. The molecule has 1 fully saturated rings. The van der Waals surface area contributed by atoms with E-state index in [9.17, 15) is 9.59 Å². The summed E-state index contributed by atoms with van der Waals surface area (Å²) >= 11 is 6.26. The van der Waals surface area contributed by atoms with E-state index in [1.54, 1.807) is 0 Å². The van der Waals surface area contributed by atoms with E-state index in [1.807, 2.05) is 43.3 Å². The molecule has 0 aliphatic heterocycles. The van der Waals surface area contributed by atoms with E-state index in [0.717, 1.165) is 16.3 Å². The molecule has 2 aromatic rings. The molecule has 0 radical (unpaired) electrons. The summed E-state index contributed by atoms with van der Waals surface area (Å²) in [6.45, 7) is 1.94. The van der Waals surface area contributed by atoms with Crippen molar-refractivity contribution < 1.29 is 14.7 Å². The van der Waals surface area contributed by atoms with Crippen LogP contribution in [0.4, 0.5) is 4.79 Å². The minimum atomic E-state index is -0.740. The van der Waals surface area contributed by atoms with Gasteiger partial charge in [0.05, 0.1) is 12.0 Å². The van der Waals surface area contributed by atoms with Gasteiger partial charge in [0.25, 0.3) is 0 Å². The van der Waals surface area contributed by atoms with Crippen LogP contribution in [0.15, 0.2) is 36.4 Å². The fourth-order valence-electron chi connectivity index (χ4n) is 3.65. The molecule has 1 aliphatic carbocycles. The molecule has 1 unspecified atom stereocenters. The molecular weight excluding hydrogens is 352 g/mol. The van der Waals surface area contributed by atoms with Crippen molar-refractivity contribution in [2.24, 2.45) is 5.92 Å². The Kier molecular flexibility index (Phi) is 5.67. The van der Waals surface area contributed by atoms with Crippen molar-refractivity contribution in [2.75, 3.05) is 0 Å². The van der Waals surface area contributed by atoms with Crippen molar-refractivity contribution in [3.8, 4) is 0 Å². The van der Waals surface area contributed by atoms with Gasteiger partial charge in [-0.25, -0.2) is 4.79 Å². The summed E-state index contributed by atoms with van der Waals surface area (Å²) in [4.78, 5) is 23.4. The summed E-state index contributed by atoms with van der Waals surface area (Å²) in [7, 11) is 0. The zero-order chi connectivity index (χ0) is 18.7. The first kappa shape index (κ1) is 18.5. The number of halogens is 1. The monoisotopic (exact) mass is 374 g/mol. The predicted molar refractivity (Wildman–Crippen MR) is 102 cm³/mol. The maximum absolute atomic E-state index is 12.3. The fraction of sp³-hybridized carbons (Fsp3) is 0.400.